The Morgan fingerprint density at radius 2 is 1.92 bits per heavy atom. The van der Waals surface area contributed by atoms with Gasteiger partial charge < -0.3 is 0 Å². The van der Waals surface area contributed by atoms with Gasteiger partial charge in [0.2, 0.25) is 0 Å². The molecule has 1 aromatic rings. The molecule has 0 aliphatic heterocycles. The standard InChI is InChI=1S/C10H14FNO/c1-8(2)13-12-7-9-3-5-10(11)6-4-9/h3-6,8,12H,7H2,1-2H3. The monoisotopic (exact) mass is 183 g/mol. The minimum atomic E-state index is -0.214. The molecule has 0 bridgehead atoms. The van der Waals surface area contributed by atoms with E-state index in [1.54, 1.807) is 12.1 Å². The van der Waals surface area contributed by atoms with E-state index in [-0.39, 0.29) is 11.9 Å². The van der Waals surface area contributed by atoms with Crippen LogP contribution in [0.3, 0.4) is 0 Å². The smallest absolute Gasteiger partial charge is 0.123 e. The van der Waals surface area contributed by atoms with E-state index in [0.717, 1.165) is 5.56 Å². The van der Waals surface area contributed by atoms with Crippen LogP contribution in [0.25, 0.3) is 0 Å². The van der Waals surface area contributed by atoms with Crippen LogP contribution in [0.2, 0.25) is 0 Å². The van der Waals surface area contributed by atoms with Gasteiger partial charge in [-0.1, -0.05) is 12.1 Å². The van der Waals surface area contributed by atoms with Crippen LogP contribution in [0.5, 0.6) is 0 Å². The topological polar surface area (TPSA) is 21.3 Å². The maximum Gasteiger partial charge on any atom is 0.123 e. The summed E-state index contributed by atoms with van der Waals surface area (Å²) in [5.41, 5.74) is 3.80. The number of nitrogens with one attached hydrogen (secondary N) is 1. The predicted molar refractivity (Wildman–Crippen MR) is 49.5 cm³/mol. The van der Waals surface area contributed by atoms with Gasteiger partial charge in [-0.2, -0.15) is 5.48 Å². The van der Waals surface area contributed by atoms with Gasteiger partial charge >= 0.3 is 0 Å². The SMILES string of the molecule is CC(C)ONCc1ccc(F)cc1. The normalized spacial score (nSPS) is 10.8. The zero-order valence-corrected chi connectivity index (χ0v) is 7.88. The van der Waals surface area contributed by atoms with E-state index in [0.29, 0.717) is 6.54 Å². The van der Waals surface area contributed by atoms with Gasteiger partial charge in [-0.25, -0.2) is 4.39 Å². The molecule has 0 aliphatic rings. The van der Waals surface area contributed by atoms with Crippen molar-refractivity contribution in [2.45, 2.75) is 26.5 Å². The lowest BCUT2D eigenvalue weighted by molar-refractivity contribution is -0.00884. The van der Waals surface area contributed by atoms with E-state index < -0.39 is 0 Å². The van der Waals surface area contributed by atoms with Crippen molar-refractivity contribution in [3.63, 3.8) is 0 Å². The molecule has 72 valence electrons. The summed E-state index contributed by atoms with van der Waals surface area (Å²) in [6.45, 7) is 4.48. The molecule has 1 N–H and O–H groups in total. The van der Waals surface area contributed by atoms with Crippen molar-refractivity contribution in [2.24, 2.45) is 0 Å². The largest absolute Gasteiger partial charge is 0.299 e. The first-order valence-corrected chi connectivity index (χ1v) is 4.31. The van der Waals surface area contributed by atoms with Crippen molar-refractivity contribution < 1.29 is 9.23 Å². The first-order chi connectivity index (χ1) is 6.18. The number of hydroxylamine groups is 1. The number of benzene rings is 1. The van der Waals surface area contributed by atoms with E-state index in [4.69, 9.17) is 4.84 Å². The molecule has 0 unspecified atom stereocenters. The molecule has 2 nitrogen and oxygen atoms in total. The van der Waals surface area contributed by atoms with Crippen LogP contribution in [0.1, 0.15) is 19.4 Å². The lowest BCUT2D eigenvalue weighted by Crippen LogP contribution is -2.18. The second-order valence-corrected chi connectivity index (χ2v) is 3.11. The van der Waals surface area contributed by atoms with Gasteiger partial charge in [0.15, 0.2) is 0 Å². The molecule has 0 fully saturated rings. The Kier molecular flexibility index (Phi) is 3.86. The Balaban J connectivity index is 2.33. The van der Waals surface area contributed by atoms with Crippen molar-refractivity contribution in [1.29, 1.82) is 0 Å². The van der Waals surface area contributed by atoms with Gasteiger partial charge in [-0.15, -0.1) is 0 Å². The fraction of sp³-hybridized carbons (Fsp3) is 0.400. The Hall–Kier alpha value is -0.930. The van der Waals surface area contributed by atoms with Crippen LogP contribution in [-0.4, -0.2) is 6.10 Å². The maximum atomic E-state index is 12.5. The molecule has 0 aliphatic carbocycles. The van der Waals surface area contributed by atoms with E-state index in [1.165, 1.54) is 12.1 Å². The fourth-order valence-electron chi connectivity index (χ4n) is 0.894. The van der Waals surface area contributed by atoms with Gasteiger partial charge in [0, 0.05) is 6.54 Å². The van der Waals surface area contributed by atoms with Crippen LogP contribution < -0.4 is 5.48 Å². The molecule has 0 saturated carbocycles. The molecule has 0 aromatic heterocycles. The number of hydrogen-bond acceptors (Lipinski definition) is 2. The zero-order valence-electron chi connectivity index (χ0n) is 7.88. The van der Waals surface area contributed by atoms with Crippen molar-refractivity contribution in [3.05, 3.63) is 35.6 Å². The molecule has 0 saturated heterocycles. The molecular weight excluding hydrogens is 169 g/mol. The molecule has 0 radical (unpaired) electrons. The van der Waals surface area contributed by atoms with Crippen molar-refractivity contribution in [1.82, 2.24) is 5.48 Å². The van der Waals surface area contributed by atoms with Crippen molar-refractivity contribution >= 4 is 0 Å². The Labute approximate surface area is 77.7 Å². The van der Waals surface area contributed by atoms with Crippen LogP contribution in [0.4, 0.5) is 4.39 Å². The molecule has 0 spiro atoms. The second-order valence-electron chi connectivity index (χ2n) is 3.11. The first-order valence-electron chi connectivity index (χ1n) is 4.31. The number of halogens is 1. The fourth-order valence-corrected chi connectivity index (χ4v) is 0.894. The first kappa shape index (κ1) is 10.2. The zero-order chi connectivity index (χ0) is 9.68. The molecule has 0 heterocycles. The summed E-state index contributed by atoms with van der Waals surface area (Å²) in [7, 11) is 0. The summed E-state index contributed by atoms with van der Waals surface area (Å²) in [6, 6.07) is 6.33. The van der Waals surface area contributed by atoms with Gasteiger partial charge in [-0.05, 0) is 31.5 Å². The summed E-state index contributed by atoms with van der Waals surface area (Å²) in [4.78, 5) is 5.13. The van der Waals surface area contributed by atoms with Gasteiger partial charge in [-0.3, -0.25) is 4.84 Å². The Morgan fingerprint density at radius 3 is 2.46 bits per heavy atom. The van der Waals surface area contributed by atoms with Crippen LogP contribution in [-0.2, 0) is 11.4 Å². The number of hydrogen-bond donors (Lipinski definition) is 1. The van der Waals surface area contributed by atoms with E-state index >= 15 is 0 Å². The van der Waals surface area contributed by atoms with Crippen LogP contribution in [0.15, 0.2) is 24.3 Å². The van der Waals surface area contributed by atoms with Crippen molar-refractivity contribution in [2.75, 3.05) is 0 Å². The lowest BCUT2D eigenvalue weighted by atomic mass is 10.2. The average Bonchev–Trinajstić information content (AvgIpc) is 2.08. The molecule has 13 heavy (non-hydrogen) atoms. The molecule has 0 amide bonds. The summed E-state index contributed by atoms with van der Waals surface area (Å²) >= 11 is 0. The number of rotatable bonds is 4. The third-order valence-electron chi connectivity index (χ3n) is 1.51. The summed E-state index contributed by atoms with van der Waals surface area (Å²) < 4.78 is 12.5. The van der Waals surface area contributed by atoms with Crippen molar-refractivity contribution in [3.8, 4) is 0 Å². The van der Waals surface area contributed by atoms with Crippen LogP contribution >= 0.6 is 0 Å². The third kappa shape index (κ3) is 4.01. The molecule has 1 rings (SSSR count). The summed E-state index contributed by atoms with van der Waals surface area (Å²) in [5.74, 6) is -0.214. The van der Waals surface area contributed by atoms with Gasteiger partial charge in [0.05, 0.1) is 6.10 Å². The highest BCUT2D eigenvalue weighted by Gasteiger charge is 1.95. The molecular formula is C10H14FNO. The highest BCUT2D eigenvalue weighted by Crippen LogP contribution is 2.02. The molecule has 0 atom stereocenters. The second kappa shape index (κ2) is 4.94. The summed E-state index contributed by atoms with van der Waals surface area (Å²) in [5, 5.41) is 0. The highest BCUT2D eigenvalue weighted by atomic mass is 19.1. The quantitative estimate of drug-likeness (QED) is 0.723. The third-order valence-corrected chi connectivity index (χ3v) is 1.51. The maximum absolute atomic E-state index is 12.5. The molecule has 3 heteroatoms. The predicted octanol–water partition coefficient (Wildman–Crippen LogP) is 2.26. The molecule has 1 aromatic carbocycles. The summed E-state index contributed by atoms with van der Waals surface area (Å²) in [6.07, 6.45) is 0.153. The minimum absolute atomic E-state index is 0.153. The lowest BCUT2D eigenvalue weighted by Gasteiger charge is -2.08. The highest BCUT2D eigenvalue weighted by molar-refractivity contribution is 5.15. The van der Waals surface area contributed by atoms with E-state index in [1.807, 2.05) is 13.8 Å². The van der Waals surface area contributed by atoms with Gasteiger partial charge in [0.25, 0.3) is 0 Å². The van der Waals surface area contributed by atoms with Crippen LogP contribution in [0, 0.1) is 5.82 Å². The Bertz CT molecular complexity index is 246. The van der Waals surface area contributed by atoms with Gasteiger partial charge in [0.1, 0.15) is 5.82 Å². The Morgan fingerprint density at radius 1 is 1.31 bits per heavy atom. The average molecular weight is 183 g/mol. The minimum Gasteiger partial charge on any atom is -0.299 e. The van der Waals surface area contributed by atoms with E-state index in [2.05, 4.69) is 5.48 Å². The van der Waals surface area contributed by atoms with E-state index in [9.17, 15) is 4.39 Å².